The predicted octanol–water partition coefficient (Wildman–Crippen LogP) is 3.85. The lowest BCUT2D eigenvalue weighted by atomic mass is 9.40. The van der Waals surface area contributed by atoms with E-state index in [2.05, 4.69) is 19.9 Å². The highest BCUT2D eigenvalue weighted by Gasteiger charge is 2.66. The van der Waals surface area contributed by atoms with Crippen molar-refractivity contribution in [3.63, 3.8) is 0 Å². The Bertz CT molecular complexity index is 741. The van der Waals surface area contributed by atoms with Crippen molar-refractivity contribution < 1.29 is 23.9 Å². The van der Waals surface area contributed by atoms with Crippen LogP contribution in [0.25, 0.3) is 0 Å². The van der Waals surface area contributed by atoms with Gasteiger partial charge in [0.2, 0.25) is 0 Å². The van der Waals surface area contributed by atoms with Gasteiger partial charge in [-0.25, -0.2) is 0 Å². The molecule has 4 aliphatic carbocycles. The first-order chi connectivity index (χ1) is 13.2. The maximum absolute atomic E-state index is 12.8. The maximum atomic E-state index is 12.8. The fraction of sp³-hybridized carbons (Fsp3) is 0.783. The number of ether oxygens (including phenoxy) is 2. The van der Waals surface area contributed by atoms with Gasteiger partial charge < -0.3 is 9.47 Å². The molecule has 4 rings (SSSR count). The van der Waals surface area contributed by atoms with Crippen LogP contribution in [0.1, 0.15) is 65.7 Å². The molecule has 0 amide bonds. The first kappa shape index (κ1) is 19.7. The molecule has 4 aliphatic rings. The summed E-state index contributed by atoms with van der Waals surface area (Å²) in [4.78, 5) is 36.3. The van der Waals surface area contributed by atoms with E-state index in [4.69, 9.17) is 9.47 Å². The first-order valence-electron chi connectivity index (χ1n) is 10.6. The molecule has 0 aromatic heterocycles. The summed E-state index contributed by atoms with van der Waals surface area (Å²) in [6.45, 7) is 5.86. The molecule has 28 heavy (non-hydrogen) atoms. The average molecular weight is 389 g/mol. The van der Waals surface area contributed by atoms with Gasteiger partial charge >= 0.3 is 11.9 Å². The van der Waals surface area contributed by atoms with Crippen LogP contribution in [0.15, 0.2) is 11.6 Å². The SMILES string of the molecule is COC(=O)[C@]1(C)CCC[C@@]2(C)[C@@H]3C[C@H](OC(C)=O)[C@H]4C[C@]3(C=C4C=O)CC[C@@H]21. The Hall–Kier alpha value is -1.65. The number of aldehydes is 1. The highest BCUT2D eigenvalue weighted by Crippen LogP contribution is 2.71. The minimum atomic E-state index is -0.465. The van der Waals surface area contributed by atoms with E-state index in [0.29, 0.717) is 5.92 Å². The summed E-state index contributed by atoms with van der Waals surface area (Å²) < 4.78 is 10.9. The van der Waals surface area contributed by atoms with Crippen LogP contribution in [-0.2, 0) is 23.9 Å². The number of carbonyl (C=O) groups is 3. The van der Waals surface area contributed by atoms with E-state index in [9.17, 15) is 14.4 Å². The normalized spacial score (nSPS) is 46.6. The number of hydrogen-bond donors (Lipinski definition) is 0. The molecule has 1 spiro atoms. The maximum Gasteiger partial charge on any atom is 0.311 e. The van der Waals surface area contributed by atoms with Gasteiger partial charge in [-0.05, 0) is 73.7 Å². The molecule has 0 aromatic rings. The van der Waals surface area contributed by atoms with Crippen LogP contribution in [0.3, 0.4) is 0 Å². The molecule has 3 saturated carbocycles. The molecule has 0 aromatic carbocycles. The third-order valence-corrected chi connectivity index (χ3v) is 8.87. The highest BCUT2D eigenvalue weighted by atomic mass is 16.5. The number of allylic oxidation sites excluding steroid dienone is 1. The molecule has 0 radical (unpaired) electrons. The Morgan fingerprint density at radius 3 is 2.57 bits per heavy atom. The Morgan fingerprint density at radius 1 is 1.18 bits per heavy atom. The summed E-state index contributed by atoms with van der Waals surface area (Å²) >= 11 is 0. The van der Waals surface area contributed by atoms with Crippen molar-refractivity contribution >= 4 is 18.2 Å². The smallest absolute Gasteiger partial charge is 0.311 e. The fourth-order valence-electron chi connectivity index (χ4n) is 7.85. The van der Waals surface area contributed by atoms with Gasteiger partial charge in [0.15, 0.2) is 0 Å². The number of rotatable bonds is 3. The molecule has 3 fully saturated rings. The van der Waals surface area contributed by atoms with E-state index in [1.807, 2.05) is 0 Å². The van der Waals surface area contributed by atoms with Crippen molar-refractivity contribution in [1.82, 2.24) is 0 Å². The fourth-order valence-corrected chi connectivity index (χ4v) is 7.85. The lowest BCUT2D eigenvalue weighted by Gasteiger charge is -2.63. The highest BCUT2D eigenvalue weighted by molar-refractivity contribution is 5.78. The van der Waals surface area contributed by atoms with Crippen LogP contribution in [-0.4, -0.2) is 31.4 Å². The van der Waals surface area contributed by atoms with E-state index in [-0.39, 0.29) is 40.7 Å². The van der Waals surface area contributed by atoms with E-state index in [1.165, 1.54) is 14.0 Å². The summed E-state index contributed by atoms with van der Waals surface area (Å²) in [5.41, 5.74) is 0.309. The number of fused-ring (bicyclic) bond motifs is 3. The van der Waals surface area contributed by atoms with Gasteiger partial charge in [-0.15, -0.1) is 0 Å². The van der Waals surface area contributed by atoms with Crippen LogP contribution in [0, 0.1) is 34.0 Å². The van der Waals surface area contributed by atoms with Crippen LogP contribution < -0.4 is 0 Å². The summed E-state index contributed by atoms with van der Waals surface area (Å²) in [6.07, 6.45) is 9.51. The van der Waals surface area contributed by atoms with Gasteiger partial charge in [-0.2, -0.15) is 0 Å². The molecule has 2 bridgehead atoms. The zero-order valence-corrected chi connectivity index (χ0v) is 17.5. The minimum absolute atomic E-state index is 0.00280. The number of hydrogen-bond acceptors (Lipinski definition) is 5. The minimum Gasteiger partial charge on any atom is -0.469 e. The number of methoxy groups -OCH3 is 1. The van der Waals surface area contributed by atoms with Gasteiger partial charge in [-0.3, -0.25) is 14.4 Å². The van der Waals surface area contributed by atoms with Gasteiger partial charge in [-0.1, -0.05) is 19.4 Å². The molecule has 0 heterocycles. The van der Waals surface area contributed by atoms with Crippen molar-refractivity contribution in [3.05, 3.63) is 11.6 Å². The topological polar surface area (TPSA) is 69.7 Å². The largest absolute Gasteiger partial charge is 0.469 e. The summed E-state index contributed by atoms with van der Waals surface area (Å²) in [7, 11) is 1.49. The molecule has 0 N–H and O–H groups in total. The Morgan fingerprint density at radius 2 is 1.93 bits per heavy atom. The molecule has 0 unspecified atom stereocenters. The predicted molar refractivity (Wildman–Crippen MR) is 103 cm³/mol. The third kappa shape index (κ3) is 2.54. The second-order valence-electron chi connectivity index (χ2n) is 10.1. The molecule has 0 saturated heterocycles. The Kier molecular flexibility index (Phi) is 4.51. The van der Waals surface area contributed by atoms with Gasteiger partial charge in [0.05, 0.1) is 12.5 Å². The van der Waals surface area contributed by atoms with Gasteiger partial charge in [0.25, 0.3) is 0 Å². The second-order valence-corrected chi connectivity index (χ2v) is 10.1. The van der Waals surface area contributed by atoms with Crippen molar-refractivity contribution in [1.29, 1.82) is 0 Å². The third-order valence-electron chi connectivity index (χ3n) is 8.87. The van der Waals surface area contributed by atoms with Crippen LogP contribution in [0.2, 0.25) is 0 Å². The molecular weight excluding hydrogens is 356 g/mol. The monoisotopic (exact) mass is 388 g/mol. The zero-order chi connectivity index (χ0) is 20.3. The van der Waals surface area contributed by atoms with E-state index < -0.39 is 5.41 Å². The summed E-state index contributed by atoms with van der Waals surface area (Å²) in [5, 5.41) is 0. The lowest BCUT2D eigenvalue weighted by molar-refractivity contribution is -0.189. The Labute approximate surface area is 167 Å². The van der Waals surface area contributed by atoms with Gasteiger partial charge in [0.1, 0.15) is 12.4 Å². The molecule has 5 heteroatoms. The summed E-state index contributed by atoms with van der Waals surface area (Å²) in [6, 6.07) is 0. The van der Waals surface area contributed by atoms with E-state index in [0.717, 1.165) is 56.8 Å². The average Bonchev–Trinajstić information content (AvgIpc) is 2.96. The molecule has 154 valence electrons. The van der Waals surface area contributed by atoms with Crippen molar-refractivity contribution in [2.45, 2.75) is 71.8 Å². The number of esters is 2. The summed E-state index contributed by atoms with van der Waals surface area (Å²) in [5.74, 6) is 0.199. The zero-order valence-electron chi connectivity index (χ0n) is 17.5. The molecular formula is C23H32O5. The molecule has 0 aliphatic heterocycles. The van der Waals surface area contributed by atoms with Crippen molar-refractivity contribution in [2.24, 2.45) is 34.0 Å². The standard InChI is InChI=1S/C23H32O5/c1-14(25)28-17-10-19-21(2)7-5-8-22(3,20(26)27-4)18(21)6-9-23(19)11-15(13-24)16(17)12-23/h11,13,16-19H,5-10,12H2,1-4H3/t16-,17-,18-,19-,21+,22+,23+/m0/s1. The van der Waals surface area contributed by atoms with Crippen LogP contribution in [0.5, 0.6) is 0 Å². The number of carbonyl (C=O) groups excluding carboxylic acids is 3. The molecule has 5 nitrogen and oxygen atoms in total. The van der Waals surface area contributed by atoms with E-state index in [1.54, 1.807) is 0 Å². The second kappa shape index (κ2) is 6.43. The quantitative estimate of drug-likeness (QED) is 0.543. The first-order valence-corrected chi connectivity index (χ1v) is 10.6. The van der Waals surface area contributed by atoms with Gasteiger partial charge in [0, 0.05) is 12.8 Å². The van der Waals surface area contributed by atoms with Crippen molar-refractivity contribution in [2.75, 3.05) is 7.11 Å². The molecule has 7 atom stereocenters. The van der Waals surface area contributed by atoms with E-state index >= 15 is 0 Å². The lowest BCUT2D eigenvalue weighted by Crippen LogP contribution is -2.59. The van der Waals surface area contributed by atoms with Crippen LogP contribution >= 0.6 is 0 Å². The Balaban J connectivity index is 1.76. The van der Waals surface area contributed by atoms with Crippen molar-refractivity contribution in [3.8, 4) is 0 Å². The van der Waals surface area contributed by atoms with Crippen LogP contribution in [0.4, 0.5) is 0 Å².